The molecule has 0 heterocycles. The third-order valence-corrected chi connectivity index (χ3v) is 3.19. The van der Waals surface area contributed by atoms with Crippen LogP contribution in [0.25, 0.3) is 0 Å². The molecule has 1 rings (SSSR count). The first-order chi connectivity index (χ1) is 6.79. The van der Waals surface area contributed by atoms with Crippen LogP contribution >= 0.6 is 22.3 Å². The fourth-order valence-corrected chi connectivity index (χ4v) is 1.88. The van der Waals surface area contributed by atoms with E-state index in [2.05, 4.69) is 0 Å². The van der Waals surface area contributed by atoms with Gasteiger partial charge in [0.15, 0.2) is 0 Å². The average Bonchev–Trinajstić information content (AvgIpc) is 2.07. The number of hydrogen-bond acceptors (Lipinski definition) is 3. The van der Waals surface area contributed by atoms with Crippen LogP contribution in [0.3, 0.4) is 0 Å². The number of benzene rings is 1. The van der Waals surface area contributed by atoms with Crippen molar-refractivity contribution in [1.29, 1.82) is 0 Å². The van der Waals surface area contributed by atoms with Crippen LogP contribution in [0, 0.1) is 5.82 Å². The van der Waals surface area contributed by atoms with Crippen LogP contribution < -0.4 is 0 Å². The van der Waals surface area contributed by atoms with Crippen LogP contribution in [0.4, 0.5) is 4.39 Å². The second-order valence-corrected chi connectivity index (χ2v) is 6.19. The van der Waals surface area contributed by atoms with Gasteiger partial charge < -0.3 is 5.11 Å². The summed E-state index contributed by atoms with van der Waals surface area (Å²) in [5, 5.41) is 9.01. The van der Waals surface area contributed by atoms with Crippen molar-refractivity contribution >= 4 is 31.3 Å². The van der Waals surface area contributed by atoms with E-state index in [0.29, 0.717) is 0 Å². The van der Waals surface area contributed by atoms with Gasteiger partial charge in [-0.25, -0.2) is 12.8 Å². The Morgan fingerprint density at radius 1 is 1.40 bits per heavy atom. The minimum Gasteiger partial charge on any atom is -0.506 e. The van der Waals surface area contributed by atoms with Crippen LogP contribution in [0.2, 0.25) is 5.02 Å². The minimum atomic E-state index is -3.66. The molecule has 0 atom stereocenters. The minimum absolute atomic E-state index is 0.0293. The smallest absolute Gasteiger partial charge is 0.232 e. The number of phenolic OH excluding ortho intramolecular Hbond substituents is 1. The zero-order valence-electron chi connectivity index (χ0n) is 7.37. The van der Waals surface area contributed by atoms with Crippen molar-refractivity contribution in [1.82, 2.24) is 0 Å². The highest BCUT2D eigenvalue weighted by Crippen LogP contribution is 2.26. The second-order valence-electron chi connectivity index (χ2n) is 2.89. The molecule has 0 fully saturated rings. The Morgan fingerprint density at radius 2 is 2.00 bits per heavy atom. The Bertz CT molecular complexity index is 473. The standard InChI is InChI=1S/C8H7Cl2FO3S/c9-6-3-5(1-2-15(10,13)14)7(11)4-8(6)12/h3-4,12H,1-2H2. The summed E-state index contributed by atoms with van der Waals surface area (Å²) in [6.45, 7) is 0. The van der Waals surface area contributed by atoms with E-state index in [4.69, 9.17) is 27.4 Å². The molecule has 0 bridgehead atoms. The van der Waals surface area contributed by atoms with Crippen LogP contribution in [0.15, 0.2) is 12.1 Å². The lowest BCUT2D eigenvalue weighted by Gasteiger charge is -2.04. The van der Waals surface area contributed by atoms with E-state index in [1.165, 1.54) is 6.07 Å². The normalized spacial score (nSPS) is 11.7. The van der Waals surface area contributed by atoms with E-state index in [-0.39, 0.29) is 28.5 Å². The Morgan fingerprint density at radius 3 is 2.53 bits per heavy atom. The maximum Gasteiger partial charge on any atom is 0.232 e. The molecule has 0 aromatic heterocycles. The first-order valence-electron chi connectivity index (χ1n) is 3.89. The van der Waals surface area contributed by atoms with Gasteiger partial charge in [0.25, 0.3) is 0 Å². The molecule has 1 aromatic carbocycles. The molecule has 0 aliphatic heterocycles. The number of halogens is 3. The lowest BCUT2D eigenvalue weighted by Crippen LogP contribution is -2.02. The predicted octanol–water partition coefficient (Wildman–Crippen LogP) is 2.30. The van der Waals surface area contributed by atoms with Crippen LogP contribution in [0.5, 0.6) is 5.75 Å². The number of aryl methyl sites for hydroxylation is 1. The predicted molar refractivity (Wildman–Crippen MR) is 56.4 cm³/mol. The Balaban J connectivity index is 2.91. The largest absolute Gasteiger partial charge is 0.506 e. The molecule has 7 heteroatoms. The highest BCUT2D eigenvalue weighted by atomic mass is 35.7. The summed E-state index contributed by atoms with van der Waals surface area (Å²) in [6, 6.07) is 2.01. The topological polar surface area (TPSA) is 54.4 Å². The van der Waals surface area contributed by atoms with E-state index in [1.54, 1.807) is 0 Å². The van der Waals surface area contributed by atoms with E-state index in [9.17, 15) is 12.8 Å². The molecule has 15 heavy (non-hydrogen) atoms. The average molecular weight is 273 g/mol. The molecule has 3 nitrogen and oxygen atoms in total. The van der Waals surface area contributed by atoms with E-state index < -0.39 is 14.9 Å². The molecule has 84 valence electrons. The van der Waals surface area contributed by atoms with Gasteiger partial charge >= 0.3 is 0 Å². The van der Waals surface area contributed by atoms with Crippen molar-refractivity contribution in [2.24, 2.45) is 0 Å². The van der Waals surface area contributed by atoms with Crippen molar-refractivity contribution in [2.45, 2.75) is 6.42 Å². The molecule has 1 N–H and O–H groups in total. The molecule has 0 radical (unpaired) electrons. The Labute approximate surface area is 95.9 Å². The summed E-state index contributed by atoms with van der Waals surface area (Å²) in [6.07, 6.45) is -0.0856. The highest BCUT2D eigenvalue weighted by Gasteiger charge is 2.11. The quantitative estimate of drug-likeness (QED) is 0.860. The molecule has 0 unspecified atom stereocenters. The number of rotatable bonds is 3. The molecule has 1 aromatic rings. The third kappa shape index (κ3) is 3.85. The van der Waals surface area contributed by atoms with Gasteiger partial charge in [-0.15, -0.1) is 0 Å². The SMILES string of the molecule is O=S(=O)(Cl)CCc1cc(Cl)c(O)cc1F. The van der Waals surface area contributed by atoms with E-state index in [0.717, 1.165) is 6.07 Å². The second kappa shape index (κ2) is 4.55. The first kappa shape index (κ1) is 12.5. The summed E-state index contributed by atoms with van der Waals surface area (Å²) in [5.74, 6) is -1.48. The number of hydrogen-bond donors (Lipinski definition) is 1. The molecule has 0 saturated heterocycles. The zero-order chi connectivity index (χ0) is 11.6. The first-order valence-corrected chi connectivity index (χ1v) is 6.74. The Hall–Kier alpha value is -0.520. The summed E-state index contributed by atoms with van der Waals surface area (Å²) in [4.78, 5) is 0. The van der Waals surface area contributed by atoms with Gasteiger partial charge in [-0.05, 0) is 18.1 Å². The summed E-state index contributed by atoms with van der Waals surface area (Å²) < 4.78 is 34.4. The number of phenols is 1. The van der Waals surface area contributed by atoms with Gasteiger partial charge in [0, 0.05) is 16.7 Å². The van der Waals surface area contributed by atoms with Gasteiger partial charge in [-0.3, -0.25) is 0 Å². The third-order valence-electron chi connectivity index (χ3n) is 1.73. The van der Waals surface area contributed by atoms with E-state index in [1.807, 2.05) is 0 Å². The molecule has 0 aliphatic rings. The summed E-state index contributed by atoms with van der Waals surface area (Å²) >= 11 is 5.54. The summed E-state index contributed by atoms with van der Waals surface area (Å²) in [5.41, 5.74) is 0.0991. The van der Waals surface area contributed by atoms with Crippen molar-refractivity contribution in [3.63, 3.8) is 0 Å². The zero-order valence-corrected chi connectivity index (χ0v) is 9.70. The van der Waals surface area contributed by atoms with Crippen molar-refractivity contribution in [3.8, 4) is 5.75 Å². The fourth-order valence-electron chi connectivity index (χ4n) is 1.00. The highest BCUT2D eigenvalue weighted by molar-refractivity contribution is 8.13. The molecular weight excluding hydrogens is 266 g/mol. The van der Waals surface area contributed by atoms with Gasteiger partial charge in [-0.1, -0.05) is 11.6 Å². The van der Waals surface area contributed by atoms with Gasteiger partial charge in [0.1, 0.15) is 11.6 Å². The fraction of sp³-hybridized carbons (Fsp3) is 0.250. The van der Waals surface area contributed by atoms with Crippen LogP contribution in [0.1, 0.15) is 5.56 Å². The molecule has 0 spiro atoms. The number of aromatic hydroxyl groups is 1. The van der Waals surface area contributed by atoms with Crippen molar-refractivity contribution in [2.75, 3.05) is 5.75 Å². The molecule has 0 saturated carbocycles. The lowest BCUT2D eigenvalue weighted by molar-refractivity contribution is 0.468. The molecule has 0 amide bonds. The maximum atomic E-state index is 13.1. The molecular formula is C8H7Cl2FO3S. The lowest BCUT2D eigenvalue weighted by atomic mass is 10.1. The Kier molecular flexibility index (Phi) is 3.81. The summed E-state index contributed by atoms with van der Waals surface area (Å²) in [7, 11) is 1.31. The van der Waals surface area contributed by atoms with Crippen LogP contribution in [-0.4, -0.2) is 19.3 Å². The van der Waals surface area contributed by atoms with Crippen LogP contribution in [-0.2, 0) is 15.5 Å². The monoisotopic (exact) mass is 272 g/mol. The van der Waals surface area contributed by atoms with Gasteiger partial charge in [0.05, 0.1) is 10.8 Å². The van der Waals surface area contributed by atoms with Gasteiger partial charge in [-0.2, -0.15) is 0 Å². The van der Waals surface area contributed by atoms with Crippen molar-refractivity contribution in [3.05, 3.63) is 28.5 Å². The molecule has 0 aliphatic carbocycles. The van der Waals surface area contributed by atoms with Gasteiger partial charge in [0.2, 0.25) is 9.05 Å². The van der Waals surface area contributed by atoms with Crippen molar-refractivity contribution < 1.29 is 17.9 Å². The van der Waals surface area contributed by atoms with E-state index >= 15 is 0 Å². The maximum absolute atomic E-state index is 13.1.